The highest BCUT2D eigenvalue weighted by Crippen LogP contribution is 2.09. The molecule has 0 aliphatic heterocycles. The number of hydrogen-bond acceptors (Lipinski definition) is 5. The number of carbonyl (C=O) groups is 2. The fraction of sp³-hybridized carbons (Fsp3) is 0.545. The highest BCUT2D eigenvalue weighted by molar-refractivity contribution is 5.75. The third-order valence-corrected chi connectivity index (χ3v) is 2.60. The van der Waals surface area contributed by atoms with Gasteiger partial charge in [-0.25, -0.2) is 0 Å². The van der Waals surface area contributed by atoms with Crippen LogP contribution in [0.3, 0.4) is 0 Å². The van der Waals surface area contributed by atoms with Crippen LogP contribution in [0.4, 0.5) is 5.82 Å². The van der Waals surface area contributed by atoms with Crippen LogP contribution in [0.15, 0.2) is 6.20 Å². The van der Waals surface area contributed by atoms with Crippen LogP contribution in [0.1, 0.15) is 25.1 Å². The van der Waals surface area contributed by atoms with Gasteiger partial charge in [0.2, 0.25) is 11.7 Å². The number of imidazole rings is 1. The number of unbranched alkanes of at least 4 members (excludes halogenated alkanes) is 1. The first-order valence-electron chi connectivity index (χ1n) is 6.07. The summed E-state index contributed by atoms with van der Waals surface area (Å²) in [5.41, 5.74) is 0. The monoisotopic (exact) mass is 284 g/mol. The molecular weight excluding hydrogens is 268 g/mol. The lowest BCUT2D eigenvalue weighted by Crippen LogP contribution is -2.28. The Bertz CT molecular complexity index is 511. The SMILES string of the molecule is Cc1nc([N+](=O)[O-])cn1CC(=O)NCCCCC(=O)O. The average Bonchev–Trinajstić information content (AvgIpc) is 2.70. The molecule has 1 amide bonds. The third-order valence-electron chi connectivity index (χ3n) is 2.60. The Morgan fingerprint density at radius 3 is 2.75 bits per heavy atom. The maximum atomic E-state index is 11.6. The Morgan fingerprint density at radius 2 is 2.20 bits per heavy atom. The molecule has 0 aliphatic rings. The molecule has 0 radical (unpaired) electrons. The summed E-state index contributed by atoms with van der Waals surface area (Å²) < 4.78 is 1.39. The van der Waals surface area contributed by atoms with Crippen LogP contribution in [0.5, 0.6) is 0 Å². The van der Waals surface area contributed by atoms with E-state index in [2.05, 4.69) is 10.3 Å². The van der Waals surface area contributed by atoms with Gasteiger partial charge < -0.3 is 20.5 Å². The van der Waals surface area contributed by atoms with Crippen LogP contribution in [0.25, 0.3) is 0 Å². The number of aryl methyl sites for hydroxylation is 1. The van der Waals surface area contributed by atoms with Gasteiger partial charge in [0, 0.05) is 19.9 Å². The molecule has 1 heterocycles. The number of rotatable bonds is 8. The molecule has 0 aromatic carbocycles. The maximum absolute atomic E-state index is 11.6. The number of hydrogen-bond donors (Lipinski definition) is 2. The van der Waals surface area contributed by atoms with Crippen molar-refractivity contribution in [2.24, 2.45) is 0 Å². The lowest BCUT2D eigenvalue weighted by molar-refractivity contribution is -0.389. The van der Waals surface area contributed by atoms with Crippen LogP contribution in [-0.2, 0) is 16.1 Å². The second-order valence-corrected chi connectivity index (χ2v) is 4.23. The van der Waals surface area contributed by atoms with E-state index in [1.54, 1.807) is 6.92 Å². The number of nitro groups is 1. The van der Waals surface area contributed by atoms with E-state index in [1.165, 1.54) is 10.8 Å². The van der Waals surface area contributed by atoms with Crippen molar-refractivity contribution in [3.63, 3.8) is 0 Å². The number of nitrogens with one attached hydrogen (secondary N) is 1. The van der Waals surface area contributed by atoms with Crippen molar-refractivity contribution in [1.29, 1.82) is 0 Å². The van der Waals surface area contributed by atoms with Gasteiger partial charge in [0.1, 0.15) is 12.7 Å². The maximum Gasteiger partial charge on any atom is 0.381 e. The van der Waals surface area contributed by atoms with Crippen LogP contribution < -0.4 is 5.32 Å². The Morgan fingerprint density at radius 1 is 1.50 bits per heavy atom. The van der Waals surface area contributed by atoms with E-state index >= 15 is 0 Å². The van der Waals surface area contributed by atoms with Gasteiger partial charge in [0.05, 0.1) is 0 Å². The first kappa shape index (κ1) is 15.6. The normalized spacial score (nSPS) is 10.2. The molecule has 0 unspecified atom stereocenters. The molecule has 9 nitrogen and oxygen atoms in total. The number of nitrogens with zero attached hydrogens (tertiary/aromatic N) is 3. The van der Waals surface area contributed by atoms with Gasteiger partial charge in [0.15, 0.2) is 0 Å². The molecular formula is C11H16N4O5. The zero-order chi connectivity index (χ0) is 15.1. The highest BCUT2D eigenvalue weighted by atomic mass is 16.6. The van der Waals surface area contributed by atoms with Crippen molar-refractivity contribution in [3.8, 4) is 0 Å². The molecule has 0 aliphatic carbocycles. The molecule has 110 valence electrons. The summed E-state index contributed by atoms with van der Waals surface area (Å²) in [5.74, 6) is -1.07. The van der Waals surface area contributed by atoms with Gasteiger partial charge in [-0.15, -0.1) is 0 Å². The van der Waals surface area contributed by atoms with E-state index in [1.807, 2.05) is 0 Å². The smallest absolute Gasteiger partial charge is 0.381 e. The minimum Gasteiger partial charge on any atom is -0.481 e. The van der Waals surface area contributed by atoms with Crippen LogP contribution >= 0.6 is 0 Å². The van der Waals surface area contributed by atoms with E-state index in [9.17, 15) is 19.7 Å². The van der Waals surface area contributed by atoms with E-state index in [-0.39, 0.29) is 24.7 Å². The summed E-state index contributed by atoms with van der Waals surface area (Å²) in [5, 5.41) is 21.6. The summed E-state index contributed by atoms with van der Waals surface area (Å²) in [7, 11) is 0. The lowest BCUT2D eigenvalue weighted by Gasteiger charge is -2.05. The van der Waals surface area contributed by atoms with Crippen molar-refractivity contribution in [1.82, 2.24) is 14.9 Å². The van der Waals surface area contributed by atoms with Crippen molar-refractivity contribution >= 4 is 17.7 Å². The fourth-order valence-electron chi connectivity index (χ4n) is 1.58. The van der Waals surface area contributed by atoms with E-state index in [4.69, 9.17) is 5.11 Å². The van der Waals surface area contributed by atoms with Gasteiger partial charge >= 0.3 is 11.8 Å². The highest BCUT2D eigenvalue weighted by Gasteiger charge is 2.16. The quantitative estimate of drug-likeness (QED) is 0.406. The molecule has 0 spiro atoms. The Labute approximate surface area is 114 Å². The predicted molar refractivity (Wildman–Crippen MR) is 68.1 cm³/mol. The van der Waals surface area contributed by atoms with E-state index in [0.717, 1.165) is 0 Å². The topological polar surface area (TPSA) is 127 Å². The standard InChI is InChI=1S/C11H16N4O5/c1-8-13-9(15(19)20)6-14(8)7-10(16)12-5-3-2-4-11(17)18/h6H,2-5,7H2,1H3,(H,12,16)(H,17,18). The summed E-state index contributed by atoms with van der Waals surface area (Å²) in [4.78, 5) is 35.5. The molecule has 9 heteroatoms. The Hall–Kier alpha value is -2.45. The predicted octanol–water partition coefficient (Wildman–Crippen LogP) is 0.471. The fourth-order valence-corrected chi connectivity index (χ4v) is 1.58. The molecule has 1 aromatic rings. The summed E-state index contributed by atoms with van der Waals surface area (Å²) in [6, 6.07) is 0. The summed E-state index contributed by atoms with van der Waals surface area (Å²) >= 11 is 0. The molecule has 2 N–H and O–H groups in total. The van der Waals surface area contributed by atoms with Crippen molar-refractivity contribution in [3.05, 3.63) is 22.1 Å². The molecule has 1 aromatic heterocycles. The number of amides is 1. The van der Waals surface area contributed by atoms with Gasteiger partial charge in [-0.3, -0.25) is 14.2 Å². The molecule has 20 heavy (non-hydrogen) atoms. The largest absolute Gasteiger partial charge is 0.481 e. The number of carbonyl (C=O) groups excluding carboxylic acids is 1. The summed E-state index contributed by atoms with van der Waals surface area (Å²) in [6.07, 6.45) is 2.34. The molecule has 0 atom stereocenters. The Kier molecular flexibility index (Phi) is 5.63. The van der Waals surface area contributed by atoms with E-state index in [0.29, 0.717) is 25.2 Å². The minimum atomic E-state index is -0.863. The zero-order valence-corrected chi connectivity index (χ0v) is 11.0. The lowest BCUT2D eigenvalue weighted by atomic mass is 10.2. The first-order chi connectivity index (χ1) is 9.40. The second kappa shape index (κ2) is 7.22. The van der Waals surface area contributed by atoms with Crippen LogP contribution in [-0.4, -0.2) is 38.0 Å². The summed E-state index contributed by atoms with van der Waals surface area (Å²) in [6.45, 7) is 1.90. The van der Waals surface area contributed by atoms with Gasteiger partial charge in [-0.1, -0.05) is 0 Å². The first-order valence-corrected chi connectivity index (χ1v) is 6.07. The second-order valence-electron chi connectivity index (χ2n) is 4.23. The van der Waals surface area contributed by atoms with Crippen molar-refractivity contribution in [2.45, 2.75) is 32.7 Å². The molecule has 0 saturated carbocycles. The zero-order valence-electron chi connectivity index (χ0n) is 11.0. The number of carboxylic acids is 1. The molecule has 0 saturated heterocycles. The van der Waals surface area contributed by atoms with Crippen molar-refractivity contribution in [2.75, 3.05) is 6.54 Å². The Balaban J connectivity index is 2.35. The van der Waals surface area contributed by atoms with Crippen LogP contribution in [0.2, 0.25) is 0 Å². The number of aromatic nitrogens is 2. The molecule has 0 fully saturated rings. The minimum absolute atomic E-state index is 0.0500. The van der Waals surface area contributed by atoms with Gasteiger partial charge in [0.25, 0.3) is 0 Å². The van der Waals surface area contributed by atoms with Gasteiger partial charge in [-0.05, 0) is 22.7 Å². The van der Waals surface area contributed by atoms with E-state index < -0.39 is 10.9 Å². The number of carboxylic acid groups (broad SMARTS) is 1. The molecule has 0 bridgehead atoms. The van der Waals surface area contributed by atoms with Crippen molar-refractivity contribution < 1.29 is 19.6 Å². The average molecular weight is 284 g/mol. The van der Waals surface area contributed by atoms with Gasteiger partial charge in [-0.2, -0.15) is 0 Å². The third kappa shape index (κ3) is 5.04. The van der Waals surface area contributed by atoms with Crippen LogP contribution in [0, 0.1) is 17.0 Å². The number of aliphatic carboxylic acids is 1. The molecule has 1 rings (SSSR count).